The molecule has 7 heteroatoms. The van der Waals surface area contributed by atoms with Crippen molar-refractivity contribution in [3.63, 3.8) is 0 Å². The summed E-state index contributed by atoms with van der Waals surface area (Å²) in [5.41, 5.74) is 0.537. The van der Waals surface area contributed by atoms with Crippen molar-refractivity contribution < 1.29 is 19.4 Å². The third-order valence-electron chi connectivity index (χ3n) is 4.58. The van der Waals surface area contributed by atoms with E-state index in [1.165, 1.54) is 13.3 Å². The van der Waals surface area contributed by atoms with Gasteiger partial charge in [-0.1, -0.05) is 30.3 Å². The molecule has 2 heterocycles. The molecule has 132 valence electrons. The number of ether oxygens (including phenoxy) is 1. The van der Waals surface area contributed by atoms with Crippen molar-refractivity contribution in [1.29, 1.82) is 0 Å². The van der Waals surface area contributed by atoms with Crippen LogP contribution in [0.5, 0.6) is 0 Å². The van der Waals surface area contributed by atoms with Gasteiger partial charge in [0.05, 0.1) is 24.9 Å². The quantitative estimate of drug-likeness (QED) is 0.859. The fraction of sp³-hybridized carbons (Fsp3) is 0.389. The van der Waals surface area contributed by atoms with Crippen molar-refractivity contribution in [1.82, 2.24) is 14.7 Å². The molecular weight excluding hydrogens is 322 g/mol. The molecule has 0 aliphatic carbocycles. The van der Waals surface area contributed by atoms with Gasteiger partial charge in [-0.3, -0.25) is 14.3 Å². The van der Waals surface area contributed by atoms with E-state index >= 15 is 0 Å². The molecule has 25 heavy (non-hydrogen) atoms. The number of carboxylic acids is 1. The number of hydrogen-bond acceptors (Lipinski definition) is 4. The summed E-state index contributed by atoms with van der Waals surface area (Å²) in [5, 5.41) is 13.7. The van der Waals surface area contributed by atoms with Crippen molar-refractivity contribution >= 4 is 11.9 Å². The van der Waals surface area contributed by atoms with E-state index in [9.17, 15) is 14.7 Å². The predicted octanol–water partition coefficient (Wildman–Crippen LogP) is 1.49. The van der Waals surface area contributed by atoms with Crippen LogP contribution in [0.3, 0.4) is 0 Å². The van der Waals surface area contributed by atoms with Gasteiger partial charge in [0.1, 0.15) is 5.41 Å². The fourth-order valence-corrected chi connectivity index (χ4v) is 3.19. The van der Waals surface area contributed by atoms with E-state index in [4.69, 9.17) is 4.74 Å². The molecule has 1 aliphatic rings. The number of benzene rings is 1. The maximum Gasteiger partial charge on any atom is 0.313 e. The topological polar surface area (TPSA) is 84.7 Å². The summed E-state index contributed by atoms with van der Waals surface area (Å²) in [7, 11) is 1.47. The zero-order valence-corrected chi connectivity index (χ0v) is 14.1. The van der Waals surface area contributed by atoms with Crippen LogP contribution in [0.2, 0.25) is 0 Å². The minimum atomic E-state index is -1.02. The summed E-state index contributed by atoms with van der Waals surface area (Å²) in [5.74, 6) is -1.12. The Morgan fingerprint density at radius 2 is 2.08 bits per heavy atom. The Balaban J connectivity index is 1.69. The van der Waals surface area contributed by atoms with Gasteiger partial charge in [0.2, 0.25) is 0 Å². The zero-order chi connectivity index (χ0) is 17.9. The van der Waals surface area contributed by atoms with Gasteiger partial charge in [0.25, 0.3) is 5.91 Å². The number of likely N-dealkylation sites (tertiary alicyclic amines) is 1. The van der Waals surface area contributed by atoms with E-state index in [1.807, 2.05) is 30.3 Å². The number of rotatable bonds is 6. The van der Waals surface area contributed by atoms with Gasteiger partial charge in [0.15, 0.2) is 0 Å². The number of aliphatic carboxylic acids is 1. The van der Waals surface area contributed by atoms with Crippen LogP contribution in [0.25, 0.3) is 0 Å². The second kappa shape index (κ2) is 7.06. The Morgan fingerprint density at radius 1 is 1.32 bits per heavy atom. The monoisotopic (exact) mass is 343 g/mol. The summed E-state index contributed by atoms with van der Waals surface area (Å²) in [6, 6.07) is 9.85. The Hall–Kier alpha value is -2.67. The number of nitrogens with zero attached hydrogens (tertiary/aromatic N) is 3. The summed E-state index contributed by atoms with van der Waals surface area (Å²) < 4.78 is 6.77. The molecule has 1 fully saturated rings. The molecule has 7 nitrogen and oxygen atoms in total. The largest absolute Gasteiger partial charge is 0.481 e. The Morgan fingerprint density at radius 3 is 2.76 bits per heavy atom. The van der Waals surface area contributed by atoms with Gasteiger partial charge >= 0.3 is 5.97 Å². The standard InChI is InChI=1S/C18H21N3O4/c1-25-13-18(17(23)24)7-8-20(12-18)16(22)15-9-19-21(11-15)10-14-5-3-2-4-6-14/h2-6,9,11H,7-8,10,12-13H2,1H3,(H,23,24). The first-order chi connectivity index (χ1) is 12.0. The third kappa shape index (κ3) is 3.56. The normalized spacial score (nSPS) is 20.0. The maximum atomic E-state index is 12.7. The van der Waals surface area contributed by atoms with Crippen molar-refractivity contribution in [2.24, 2.45) is 5.41 Å². The zero-order valence-electron chi connectivity index (χ0n) is 14.1. The Labute approximate surface area is 145 Å². The lowest BCUT2D eigenvalue weighted by molar-refractivity contribution is -0.151. The second-order valence-corrected chi connectivity index (χ2v) is 6.41. The van der Waals surface area contributed by atoms with Crippen LogP contribution in [-0.2, 0) is 16.1 Å². The lowest BCUT2D eigenvalue weighted by Gasteiger charge is -2.23. The smallest absolute Gasteiger partial charge is 0.313 e. The van der Waals surface area contributed by atoms with Crippen molar-refractivity contribution in [2.75, 3.05) is 26.8 Å². The molecule has 0 saturated carbocycles. The number of aromatic nitrogens is 2. The summed E-state index contributed by atoms with van der Waals surface area (Å²) >= 11 is 0. The average Bonchev–Trinajstić information content (AvgIpc) is 3.24. The molecule has 1 aromatic carbocycles. The molecule has 2 aromatic rings. The first kappa shape index (κ1) is 17.2. The third-order valence-corrected chi connectivity index (χ3v) is 4.58. The van der Waals surface area contributed by atoms with E-state index in [0.29, 0.717) is 25.1 Å². The second-order valence-electron chi connectivity index (χ2n) is 6.41. The summed E-state index contributed by atoms with van der Waals surface area (Å²) in [6.45, 7) is 1.23. The number of carboxylic acid groups (broad SMARTS) is 1. The highest BCUT2D eigenvalue weighted by atomic mass is 16.5. The number of amides is 1. The minimum Gasteiger partial charge on any atom is -0.481 e. The minimum absolute atomic E-state index is 0.0966. The Bertz CT molecular complexity index is 759. The van der Waals surface area contributed by atoms with Gasteiger partial charge in [0, 0.05) is 26.4 Å². The van der Waals surface area contributed by atoms with Gasteiger partial charge in [-0.2, -0.15) is 5.10 Å². The highest BCUT2D eigenvalue weighted by Crippen LogP contribution is 2.32. The molecule has 1 N–H and O–H groups in total. The first-order valence-corrected chi connectivity index (χ1v) is 8.12. The predicted molar refractivity (Wildman–Crippen MR) is 90.2 cm³/mol. The molecule has 0 bridgehead atoms. The molecule has 0 radical (unpaired) electrons. The van der Waals surface area contributed by atoms with Crippen molar-refractivity contribution in [3.8, 4) is 0 Å². The van der Waals surface area contributed by atoms with Crippen LogP contribution in [0.1, 0.15) is 22.3 Å². The molecule has 1 amide bonds. The van der Waals surface area contributed by atoms with E-state index < -0.39 is 11.4 Å². The highest BCUT2D eigenvalue weighted by molar-refractivity contribution is 5.94. The van der Waals surface area contributed by atoms with Gasteiger partial charge in [-0.15, -0.1) is 0 Å². The van der Waals surface area contributed by atoms with Gasteiger partial charge < -0.3 is 14.7 Å². The molecule has 0 spiro atoms. The number of hydrogen-bond donors (Lipinski definition) is 1. The van der Waals surface area contributed by atoms with Gasteiger partial charge in [-0.05, 0) is 12.0 Å². The molecular formula is C18H21N3O4. The van der Waals surface area contributed by atoms with E-state index in [-0.39, 0.29) is 19.1 Å². The van der Waals surface area contributed by atoms with Crippen LogP contribution in [0, 0.1) is 5.41 Å². The van der Waals surface area contributed by atoms with Crippen LogP contribution in [0.4, 0.5) is 0 Å². The first-order valence-electron chi connectivity index (χ1n) is 8.12. The molecule has 1 aromatic heterocycles. The molecule has 3 rings (SSSR count). The SMILES string of the molecule is COCC1(C(=O)O)CCN(C(=O)c2cnn(Cc3ccccc3)c2)C1. The maximum absolute atomic E-state index is 12.7. The van der Waals surface area contributed by atoms with Crippen LogP contribution < -0.4 is 0 Å². The molecule has 1 aliphatic heterocycles. The average molecular weight is 343 g/mol. The summed E-state index contributed by atoms with van der Waals surface area (Å²) in [6.07, 6.45) is 3.62. The molecule has 1 unspecified atom stereocenters. The van der Waals surface area contributed by atoms with Crippen molar-refractivity contribution in [2.45, 2.75) is 13.0 Å². The lowest BCUT2D eigenvalue weighted by atomic mass is 9.88. The summed E-state index contributed by atoms with van der Waals surface area (Å²) in [4.78, 5) is 25.8. The highest BCUT2D eigenvalue weighted by Gasteiger charge is 2.46. The van der Waals surface area contributed by atoms with Crippen LogP contribution in [0.15, 0.2) is 42.7 Å². The van der Waals surface area contributed by atoms with Crippen molar-refractivity contribution in [3.05, 3.63) is 53.9 Å². The molecule has 1 atom stereocenters. The number of carbonyl (C=O) groups is 2. The molecule has 1 saturated heterocycles. The van der Waals surface area contributed by atoms with Crippen LogP contribution >= 0.6 is 0 Å². The van der Waals surface area contributed by atoms with E-state index in [2.05, 4.69) is 5.10 Å². The fourth-order valence-electron chi connectivity index (χ4n) is 3.19. The van der Waals surface area contributed by atoms with Gasteiger partial charge in [-0.25, -0.2) is 0 Å². The number of methoxy groups -OCH3 is 1. The van der Waals surface area contributed by atoms with Crippen LogP contribution in [-0.4, -0.2) is 58.5 Å². The number of carbonyl (C=O) groups excluding carboxylic acids is 1. The van der Waals surface area contributed by atoms with E-state index in [1.54, 1.807) is 15.8 Å². The Kier molecular flexibility index (Phi) is 4.85. The lowest BCUT2D eigenvalue weighted by Crippen LogP contribution is -2.40. The van der Waals surface area contributed by atoms with E-state index in [0.717, 1.165) is 5.56 Å².